The van der Waals surface area contributed by atoms with E-state index in [1.807, 2.05) is 29.0 Å². The molecule has 2 heterocycles. The molecule has 178 valence electrons. The number of rotatable bonds is 8. The Morgan fingerprint density at radius 1 is 1.16 bits per heavy atom. The molecule has 2 amide bonds. The number of nitrogens with zero attached hydrogens (tertiary/aromatic N) is 2. The van der Waals surface area contributed by atoms with Gasteiger partial charge in [-0.2, -0.15) is 0 Å². The molecule has 1 atom stereocenters. The molecule has 2 aliphatic heterocycles. The lowest BCUT2D eigenvalue weighted by Gasteiger charge is -2.41. The molecule has 6 heteroatoms. The highest BCUT2D eigenvalue weighted by Gasteiger charge is 2.35. The Bertz CT molecular complexity index is 752. The Morgan fingerprint density at radius 3 is 2.47 bits per heavy atom. The molecule has 1 aromatic rings. The highest BCUT2D eigenvalue weighted by atomic mass is 16.5. The number of likely N-dealkylation sites (N-methyl/N-ethyl adjacent to an activating group) is 1. The van der Waals surface area contributed by atoms with Crippen LogP contribution < -0.4 is 4.74 Å². The Labute approximate surface area is 193 Å². The zero-order valence-corrected chi connectivity index (χ0v) is 20.2. The number of ether oxygens (including phenoxy) is 2. The van der Waals surface area contributed by atoms with E-state index in [1.165, 1.54) is 5.56 Å². The predicted octanol–water partition coefficient (Wildman–Crippen LogP) is 3.78. The predicted molar refractivity (Wildman–Crippen MR) is 126 cm³/mol. The second-order valence-corrected chi connectivity index (χ2v) is 9.77. The van der Waals surface area contributed by atoms with Gasteiger partial charge in [0.05, 0.1) is 7.11 Å². The van der Waals surface area contributed by atoms with Gasteiger partial charge in [0.25, 0.3) is 0 Å². The number of piperidine rings is 1. The maximum atomic E-state index is 13.4. The lowest BCUT2D eigenvalue weighted by Crippen LogP contribution is -2.50. The molecule has 3 rings (SSSR count). The summed E-state index contributed by atoms with van der Waals surface area (Å²) in [5.41, 5.74) is 1.18. The highest BCUT2D eigenvalue weighted by Crippen LogP contribution is 2.30. The van der Waals surface area contributed by atoms with Crippen LogP contribution in [0.3, 0.4) is 0 Å². The number of amides is 2. The summed E-state index contributed by atoms with van der Waals surface area (Å²) in [6.07, 6.45) is 4.88. The normalized spacial score (nSPS) is 19.1. The summed E-state index contributed by atoms with van der Waals surface area (Å²) in [7, 11) is 3.65. The van der Waals surface area contributed by atoms with E-state index in [2.05, 4.69) is 26.0 Å². The number of hydrogen-bond donors (Lipinski definition) is 0. The van der Waals surface area contributed by atoms with Gasteiger partial charge in [0.2, 0.25) is 11.8 Å². The van der Waals surface area contributed by atoms with Crippen molar-refractivity contribution >= 4 is 11.8 Å². The monoisotopic (exact) mass is 444 g/mol. The summed E-state index contributed by atoms with van der Waals surface area (Å²) < 4.78 is 10.9. The van der Waals surface area contributed by atoms with Crippen LogP contribution in [0.5, 0.6) is 5.75 Å². The molecule has 0 saturated carbocycles. The first-order valence-electron chi connectivity index (χ1n) is 12.1. The molecule has 2 saturated heterocycles. The first kappa shape index (κ1) is 24.6. The molecule has 6 nitrogen and oxygen atoms in total. The summed E-state index contributed by atoms with van der Waals surface area (Å²) in [5, 5.41) is 0. The second-order valence-electron chi connectivity index (χ2n) is 9.77. The number of hydrogen-bond acceptors (Lipinski definition) is 4. The fourth-order valence-electron chi connectivity index (χ4n) is 5.07. The summed E-state index contributed by atoms with van der Waals surface area (Å²) >= 11 is 0. The van der Waals surface area contributed by atoms with Gasteiger partial charge in [0.15, 0.2) is 0 Å². The first-order valence-corrected chi connectivity index (χ1v) is 12.1. The van der Waals surface area contributed by atoms with Crippen LogP contribution in [-0.2, 0) is 20.7 Å². The lowest BCUT2D eigenvalue weighted by molar-refractivity contribution is -0.142. The molecule has 2 aliphatic rings. The Balaban J connectivity index is 1.72. The van der Waals surface area contributed by atoms with Crippen molar-refractivity contribution in [1.29, 1.82) is 0 Å². The van der Waals surface area contributed by atoms with E-state index in [4.69, 9.17) is 9.47 Å². The third-order valence-corrected chi connectivity index (χ3v) is 7.01. The lowest BCUT2D eigenvalue weighted by atomic mass is 9.84. The van der Waals surface area contributed by atoms with Gasteiger partial charge >= 0.3 is 0 Å². The van der Waals surface area contributed by atoms with Crippen LogP contribution in [0.1, 0.15) is 51.5 Å². The van der Waals surface area contributed by atoms with E-state index in [1.54, 1.807) is 7.11 Å². The van der Waals surface area contributed by atoms with E-state index < -0.39 is 0 Å². The maximum Gasteiger partial charge on any atom is 0.225 e. The largest absolute Gasteiger partial charge is 0.497 e. The van der Waals surface area contributed by atoms with Crippen molar-refractivity contribution in [3.63, 3.8) is 0 Å². The Morgan fingerprint density at radius 2 is 1.84 bits per heavy atom. The summed E-state index contributed by atoms with van der Waals surface area (Å²) in [6, 6.07) is 8.26. The zero-order valence-electron chi connectivity index (χ0n) is 20.2. The number of likely N-dealkylation sites (tertiary alicyclic amines) is 1. The fourth-order valence-corrected chi connectivity index (χ4v) is 5.07. The van der Waals surface area contributed by atoms with Gasteiger partial charge < -0.3 is 19.3 Å². The molecule has 32 heavy (non-hydrogen) atoms. The fraction of sp³-hybridized carbons (Fsp3) is 0.692. The van der Waals surface area contributed by atoms with Crippen molar-refractivity contribution < 1.29 is 19.1 Å². The van der Waals surface area contributed by atoms with Crippen LogP contribution in [0, 0.1) is 17.8 Å². The molecular weight excluding hydrogens is 404 g/mol. The molecule has 0 N–H and O–H groups in total. The van der Waals surface area contributed by atoms with Gasteiger partial charge in [-0.1, -0.05) is 26.0 Å². The van der Waals surface area contributed by atoms with E-state index in [9.17, 15) is 9.59 Å². The third-order valence-electron chi connectivity index (χ3n) is 7.01. The second kappa shape index (κ2) is 11.7. The average molecular weight is 445 g/mol. The molecular formula is C26H40N2O4. The first-order chi connectivity index (χ1) is 15.4. The van der Waals surface area contributed by atoms with E-state index in [0.29, 0.717) is 31.5 Å². The van der Waals surface area contributed by atoms with E-state index >= 15 is 0 Å². The van der Waals surface area contributed by atoms with Crippen LogP contribution in [0.25, 0.3) is 0 Å². The number of carbonyl (C=O) groups is 2. The smallest absolute Gasteiger partial charge is 0.225 e. The number of methoxy groups -OCH3 is 1. The minimum absolute atomic E-state index is 0.0502. The zero-order chi connectivity index (χ0) is 23.1. The van der Waals surface area contributed by atoms with E-state index in [-0.39, 0.29) is 23.8 Å². The quantitative estimate of drug-likeness (QED) is 0.612. The van der Waals surface area contributed by atoms with Crippen LogP contribution in [0.2, 0.25) is 0 Å². The van der Waals surface area contributed by atoms with Crippen LogP contribution in [0.4, 0.5) is 0 Å². The molecule has 2 fully saturated rings. The Hall–Kier alpha value is -2.08. The SMILES string of the molecule is COc1cccc(CC(C2CCN(C(=O)CC(C)C)CC2)N(C)C(=O)C2CCOCC2)c1. The average Bonchev–Trinajstić information content (AvgIpc) is 2.82. The van der Waals surface area contributed by atoms with Crippen molar-refractivity contribution in [2.24, 2.45) is 17.8 Å². The molecule has 1 aromatic carbocycles. The topological polar surface area (TPSA) is 59.1 Å². The minimum Gasteiger partial charge on any atom is -0.497 e. The van der Waals surface area contributed by atoms with Crippen molar-refractivity contribution in [3.8, 4) is 5.75 Å². The van der Waals surface area contributed by atoms with Crippen LogP contribution >= 0.6 is 0 Å². The molecule has 0 radical (unpaired) electrons. The summed E-state index contributed by atoms with van der Waals surface area (Å²) in [5.74, 6) is 2.14. The number of carbonyl (C=O) groups excluding carboxylic acids is 2. The van der Waals surface area contributed by atoms with Crippen molar-refractivity contribution in [1.82, 2.24) is 9.80 Å². The van der Waals surface area contributed by atoms with Gasteiger partial charge in [0, 0.05) is 51.7 Å². The van der Waals surface area contributed by atoms with Crippen LogP contribution in [0.15, 0.2) is 24.3 Å². The molecule has 0 aromatic heterocycles. The van der Waals surface area contributed by atoms with Crippen molar-refractivity contribution in [2.75, 3.05) is 40.5 Å². The van der Waals surface area contributed by atoms with Gasteiger partial charge in [0.1, 0.15) is 5.75 Å². The molecule has 0 spiro atoms. The summed E-state index contributed by atoms with van der Waals surface area (Å²) in [6.45, 7) is 7.08. The van der Waals surface area contributed by atoms with Gasteiger partial charge in [-0.05, 0) is 61.6 Å². The number of benzene rings is 1. The van der Waals surface area contributed by atoms with Crippen molar-refractivity contribution in [3.05, 3.63) is 29.8 Å². The Kier molecular flexibility index (Phi) is 8.97. The van der Waals surface area contributed by atoms with Gasteiger partial charge in [-0.25, -0.2) is 0 Å². The molecule has 1 unspecified atom stereocenters. The summed E-state index contributed by atoms with van der Waals surface area (Å²) in [4.78, 5) is 29.9. The van der Waals surface area contributed by atoms with Crippen molar-refractivity contribution in [2.45, 2.75) is 58.4 Å². The third kappa shape index (κ3) is 6.47. The molecule has 0 aliphatic carbocycles. The minimum atomic E-state index is 0.0502. The van der Waals surface area contributed by atoms with Crippen LogP contribution in [-0.4, -0.2) is 68.1 Å². The maximum absolute atomic E-state index is 13.4. The van der Waals surface area contributed by atoms with Gasteiger partial charge in [-0.3, -0.25) is 9.59 Å². The highest BCUT2D eigenvalue weighted by molar-refractivity contribution is 5.79. The van der Waals surface area contributed by atoms with E-state index in [0.717, 1.165) is 50.9 Å². The van der Waals surface area contributed by atoms with Gasteiger partial charge in [-0.15, -0.1) is 0 Å². The molecule has 0 bridgehead atoms. The standard InChI is InChI=1S/C26H40N2O4/c1-19(2)16-25(29)28-12-8-21(9-13-28)24(18-20-6-5-7-23(17-20)31-4)27(3)26(30)22-10-14-32-15-11-22/h5-7,17,19,21-22,24H,8-16,18H2,1-4H3.